The molecule has 0 amide bonds. The normalized spacial score (nSPS) is 16.7. The number of anilines is 1. The minimum absolute atomic E-state index is 0.0742. The quantitative estimate of drug-likeness (QED) is 0.771. The summed E-state index contributed by atoms with van der Waals surface area (Å²) in [5.41, 5.74) is 1.14. The van der Waals surface area contributed by atoms with E-state index in [0.717, 1.165) is 19.4 Å². The highest BCUT2D eigenvalue weighted by Crippen LogP contribution is 2.31. The van der Waals surface area contributed by atoms with Crippen molar-refractivity contribution in [2.24, 2.45) is 5.92 Å². The Bertz CT molecular complexity index is 844. The van der Waals surface area contributed by atoms with Crippen molar-refractivity contribution in [1.29, 1.82) is 5.26 Å². The van der Waals surface area contributed by atoms with Crippen LogP contribution in [-0.2, 0) is 0 Å². The average molecular weight is 351 g/mol. The summed E-state index contributed by atoms with van der Waals surface area (Å²) < 4.78 is 10.5. The fraction of sp³-hybridized carbons (Fsp3) is 0.350. The second kappa shape index (κ2) is 7.87. The van der Waals surface area contributed by atoms with Crippen LogP contribution in [0.4, 0.5) is 5.82 Å². The van der Waals surface area contributed by atoms with Gasteiger partial charge in [-0.3, -0.25) is 4.79 Å². The van der Waals surface area contributed by atoms with E-state index in [1.165, 1.54) is 0 Å². The number of hydrogen-bond acceptors (Lipinski definition) is 6. The molecule has 26 heavy (non-hydrogen) atoms. The van der Waals surface area contributed by atoms with Gasteiger partial charge in [-0.05, 0) is 43.2 Å². The summed E-state index contributed by atoms with van der Waals surface area (Å²) in [6, 6.07) is 10.9. The second-order valence-electron chi connectivity index (χ2n) is 6.21. The number of Topliss-reactive ketones (excluding diaryl/α,β-unsaturated/α-hetero) is 1. The van der Waals surface area contributed by atoms with E-state index in [-0.39, 0.29) is 11.7 Å². The number of ether oxygens (including phenoxy) is 2. The Morgan fingerprint density at radius 2 is 2.08 bits per heavy atom. The van der Waals surface area contributed by atoms with Crippen LogP contribution in [0.1, 0.15) is 28.8 Å². The Morgan fingerprint density at radius 1 is 1.27 bits per heavy atom. The number of hydrogen-bond donors (Lipinski definition) is 0. The summed E-state index contributed by atoms with van der Waals surface area (Å²) in [7, 11) is 3.12. The maximum atomic E-state index is 13.0. The Labute approximate surface area is 153 Å². The van der Waals surface area contributed by atoms with E-state index < -0.39 is 0 Å². The minimum Gasteiger partial charge on any atom is -0.493 e. The first-order valence-corrected chi connectivity index (χ1v) is 8.54. The summed E-state index contributed by atoms with van der Waals surface area (Å²) in [4.78, 5) is 19.4. The molecule has 2 heterocycles. The Morgan fingerprint density at radius 3 is 2.81 bits per heavy atom. The zero-order chi connectivity index (χ0) is 18.5. The van der Waals surface area contributed by atoms with E-state index in [4.69, 9.17) is 9.47 Å². The molecule has 6 nitrogen and oxygen atoms in total. The topological polar surface area (TPSA) is 75.5 Å². The number of carbonyl (C=O) groups is 1. The highest BCUT2D eigenvalue weighted by Gasteiger charge is 2.28. The number of methoxy groups -OCH3 is 2. The molecule has 0 saturated carbocycles. The van der Waals surface area contributed by atoms with Gasteiger partial charge >= 0.3 is 0 Å². The van der Waals surface area contributed by atoms with Crippen LogP contribution in [0.3, 0.4) is 0 Å². The molecule has 0 unspecified atom stereocenters. The van der Waals surface area contributed by atoms with E-state index >= 15 is 0 Å². The van der Waals surface area contributed by atoms with Gasteiger partial charge in [-0.25, -0.2) is 4.98 Å². The number of aromatic nitrogens is 1. The molecule has 0 N–H and O–H groups in total. The second-order valence-corrected chi connectivity index (χ2v) is 6.21. The maximum absolute atomic E-state index is 13.0. The molecule has 1 aliphatic rings. The molecular formula is C20H21N3O3. The number of nitriles is 1. The van der Waals surface area contributed by atoms with Crippen molar-refractivity contribution in [3.8, 4) is 17.6 Å². The third kappa shape index (κ3) is 3.47. The summed E-state index contributed by atoms with van der Waals surface area (Å²) in [5, 5.41) is 9.30. The van der Waals surface area contributed by atoms with E-state index in [0.29, 0.717) is 35.0 Å². The number of carbonyl (C=O) groups excluding carboxylic acids is 1. The molecule has 0 radical (unpaired) electrons. The van der Waals surface area contributed by atoms with Crippen molar-refractivity contribution in [2.75, 3.05) is 32.2 Å². The molecule has 134 valence electrons. The van der Waals surface area contributed by atoms with E-state index in [9.17, 15) is 10.1 Å². The van der Waals surface area contributed by atoms with Crippen LogP contribution in [0.15, 0.2) is 36.5 Å². The van der Waals surface area contributed by atoms with E-state index in [1.54, 1.807) is 50.7 Å². The summed E-state index contributed by atoms with van der Waals surface area (Å²) >= 11 is 0. The van der Waals surface area contributed by atoms with Crippen molar-refractivity contribution in [1.82, 2.24) is 4.98 Å². The third-order valence-corrected chi connectivity index (χ3v) is 4.67. The summed E-state index contributed by atoms with van der Waals surface area (Å²) in [5.74, 6) is 1.73. The maximum Gasteiger partial charge on any atom is 0.167 e. The van der Waals surface area contributed by atoms with Gasteiger partial charge in [0.1, 0.15) is 11.9 Å². The van der Waals surface area contributed by atoms with Crippen molar-refractivity contribution in [3.05, 3.63) is 47.7 Å². The lowest BCUT2D eigenvalue weighted by Crippen LogP contribution is -2.39. The monoisotopic (exact) mass is 351 g/mol. The third-order valence-electron chi connectivity index (χ3n) is 4.67. The van der Waals surface area contributed by atoms with E-state index in [1.807, 2.05) is 4.90 Å². The molecule has 1 fully saturated rings. The molecule has 1 atom stereocenters. The van der Waals surface area contributed by atoms with E-state index in [2.05, 4.69) is 11.1 Å². The Hall–Kier alpha value is -3.07. The molecule has 1 aromatic carbocycles. The van der Waals surface area contributed by atoms with Crippen molar-refractivity contribution < 1.29 is 14.3 Å². The highest BCUT2D eigenvalue weighted by molar-refractivity contribution is 5.99. The van der Waals surface area contributed by atoms with Gasteiger partial charge in [0.2, 0.25) is 0 Å². The van der Waals surface area contributed by atoms with Gasteiger partial charge in [-0.2, -0.15) is 5.26 Å². The highest BCUT2D eigenvalue weighted by atomic mass is 16.5. The lowest BCUT2D eigenvalue weighted by Gasteiger charge is -2.33. The number of pyridine rings is 1. The van der Waals surface area contributed by atoms with Gasteiger partial charge in [-0.15, -0.1) is 0 Å². The lowest BCUT2D eigenvalue weighted by atomic mass is 9.89. The standard InChI is InChI=1S/C20H21N3O3/c1-25-17-8-7-14(11-18(17)26-2)19(24)16-6-4-10-23(13-16)20-15(12-21)5-3-9-22-20/h3,5,7-9,11,16H,4,6,10,13H2,1-2H3/t16-/m1/s1. The fourth-order valence-corrected chi connectivity index (χ4v) is 3.34. The largest absolute Gasteiger partial charge is 0.493 e. The molecule has 1 aromatic heterocycles. The first kappa shape index (κ1) is 17.7. The van der Waals surface area contributed by atoms with Gasteiger partial charge in [-0.1, -0.05) is 0 Å². The predicted molar refractivity (Wildman–Crippen MR) is 97.8 cm³/mol. The number of rotatable bonds is 5. The summed E-state index contributed by atoms with van der Waals surface area (Å²) in [6.45, 7) is 1.35. The molecule has 1 aliphatic heterocycles. The fourth-order valence-electron chi connectivity index (χ4n) is 3.34. The number of piperidine rings is 1. The Kier molecular flexibility index (Phi) is 5.37. The molecule has 0 bridgehead atoms. The van der Waals surface area contributed by atoms with Gasteiger partial charge in [0.15, 0.2) is 17.3 Å². The van der Waals surface area contributed by atoms with Crippen LogP contribution in [0.25, 0.3) is 0 Å². The van der Waals surface area contributed by atoms with Crippen LogP contribution in [0.2, 0.25) is 0 Å². The predicted octanol–water partition coefficient (Wildman–Crippen LogP) is 3.07. The first-order chi connectivity index (χ1) is 12.7. The first-order valence-electron chi connectivity index (χ1n) is 8.54. The zero-order valence-electron chi connectivity index (χ0n) is 14.9. The van der Waals surface area contributed by atoms with Gasteiger partial charge in [0.25, 0.3) is 0 Å². The number of nitrogens with zero attached hydrogens (tertiary/aromatic N) is 3. The minimum atomic E-state index is -0.143. The number of benzene rings is 1. The smallest absolute Gasteiger partial charge is 0.167 e. The SMILES string of the molecule is COc1ccc(C(=O)[C@@H]2CCCN(c3ncccc3C#N)C2)cc1OC. The number of ketones is 1. The molecule has 3 rings (SSSR count). The molecule has 2 aromatic rings. The van der Waals surface area contributed by atoms with Gasteiger partial charge in [0.05, 0.1) is 19.8 Å². The lowest BCUT2D eigenvalue weighted by molar-refractivity contribution is 0.0906. The molecule has 0 spiro atoms. The molecule has 1 saturated heterocycles. The van der Waals surface area contributed by atoms with Crippen LogP contribution < -0.4 is 14.4 Å². The van der Waals surface area contributed by atoms with Crippen molar-refractivity contribution >= 4 is 11.6 Å². The molecule has 6 heteroatoms. The van der Waals surface area contributed by atoms with Crippen LogP contribution in [0.5, 0.6) is 11.5 Å². The Balaban J connectivity index is 1.81. The zero-order valence-corrected chi connectivity index (χ0v) is 14.9. The summed E-state index contributed by atoms with van der Waals surface area (Å²) in [6.07, 6.45) is 3.37. The average Bonchev–Trinajstić information content (AvgIpc) is 2.72. The van der Waals surface area contributed by atoms with Gasteiger partial charge < -0.3 is 14.4 Å². The van der Waals surface area contributed by atoms with Crippen LogP contribution in [0, 0.1) is 17.2 Å². The van der Waals surface area contributed by atoms with Crippen LogP contribution >= 0.6 is 0 Å². The van der Waals surface area contributed by atoms with Crippen molar-refractivity contribution in [3.63, 3.8) is 0 Å². The van der Waals surface area contributed by atoms with Gasteiger partial charge in [0, 0.05) is 30.8 Å². The van der Waals surface area contributed by atoms with Crippen LogP contribution in [-0.4, -0.2) is 38.1 Å². The molecular weight excluding hydrogens is 330 g/mol. The van der Waals surface area contributed by atoms with Crippen molar-refractivity contribution in [2.45, 2.75) is 12.8 Å². The molecule has 0 aliphatic carbocycles.